The fourth-order valence-corrected chi connectivity index (χ4v) is 2.45. The molecule has 1 aromatic heterocycles. The van der Waals surface area contributed by atoms with Crippen LogP contribution in [0.15, 0.2) is 12.1 Å². The van der Waals surface area contributed by atoms with Gasteiger partial charge in [-0.25, -0.2) is 0 Å². The molecule has 3 nitrogen and oxygen atoms in total. The molecule has 0 bridgehead atoms. The third kappa shape index (κ3) is 3.93. The van der Waals surface area contributed by atoms with Gasteiger partial charge in [0.2, 0.25) is 0 Å². The van der Waals surface area contributed by atoms with Crippen molar-refractivity contribution in [2.75, 3.05) is 6.61 Å². The molecule has 0 spiro atoms. The molecule has 0 fully saturated rings. The zero-order valence-electron chi connectivity index (χ0n) is 9.73. The van der Waals surface area contributed by atoms with E-state index in [1.54, 1.807) is 0 Å². The number of nitrogens with zero attached hydrogens (tertiary/aromatic N) is 1. The number of aliphatic hydroxyl groups excluding tert-OH is 1. The molecule has 0 saturated carbocycles. The maximum absolute atomic E-state index is 8.74. The molecule has 0 aliphatic carbocycles. The molecule has 1 rings (SSSR count). The number of thiophene rings is 1. The molecule has 0 aromatic carbocycles. The third-order valence-corrected chi connectivity index (χ3v) is 3.67. The third-order valence-electron chi connectivity index (χ3n) is 2.49. The van der Waals surface area contributed by atoms with Crippen LogP contribution in [0.2, 0.25) is 0 Å². The Bertz CT molecular complexity index is 356. The van der Waals surface area contributed by atoms with E-state index in [-0.39, 0.29) is 12.6 Å². The average molecular weight is 238 g/mol. The van der Waals surface area contributed by atoms with Gasteiger partial charge in [-0.1, -0.05) is 0 Å². The van der Waals surface area contributed by atoms with E-state index < -0.39 is 0 Å². The molecule has 0 aliphatic rings. The van der Waals surface area contributed by atoms with Gasteiger partial charge < -0.3 is 10.4 Å². The highest BCUT2D eigenvalue weighted by Gasteiger charge is 2.11. The highest BCUT2D eigenvalue weighted by molar-refractivity contribution is 7.12. The molecule has 88 valence electrons. The number of nitriles is 1. The molecule has 0 saturated heterocycles. The molecule has 2 N–H and O–H groups in total. The zero-order chi connectivity index (χ0) is 12.0. The summed E-state index contributed by atoms with van der Waals surface area (Å²) in [5, 5.41) is 20.9. The van der Waals surface area contributed by atoms with Crippen molar-refractivity contribution in [1.82, 2.24) is 5.32 Å². The van der Waals surface area contributed by atoms with Gasteiger partial charge in [0, 0.05) is 23.6 Å². The van der Waals surface area contributed by atoms with Crippen molar-refractivity contribution < 1.29 is 5.11 Å². The maximum atomic E-state index is 8.74. The maximum Gasteiger partial charge on any atom is 0.110 e. The number of nitrogens with one attached hydrogen (secondary N) is 1. The summed E-state index contributed by atoms with van der Waals surface area (Å²) in [4.78, 5) is 1.94. The van der Waals surface area contributed by atoms with Gasteiger partial charge in [-0.05, 0) is 38.8 Å². The summed E-state index contributed by atoms with van der Waals surface area (Å²) >= 11 is 1.53. The van der Waals surface area contributed by atoms with E-state index in [1.165, 1.54) is 16.2 Å². The molecule has 0 aliphatic heterocycles. The van der Waals surface area contributed by atoms with Gasteiger partial charge in [-0.15, -0.1) is 11.3 Å². The first-order valence-corrected chi connectivity index (χ1v) is 6.35. The van der Waals surface area contributed by atoms with Crippen LogP contribution in [0.25, 0.3) is 0 Å². The fraction of sp³-hybridized carbons (Fsp3) is 0.583. The summed E-state index contributed by atoms with van der Waals surface area (Å²) < 4.78 is 0. The zero-order valence-corrected chi connectivity index (χ0v) is 10.5. The van der Waals surface area contributed by atoms with E-state index in [0.29, 0.717) is 6.04 Å². The summed E-state index contributed by atoms with van der Waals surface area (Å²) in [5.74, 6) is 0. The SMILES string of the molecule is CC(CCCO)NC(C)c1ccc(C#N)s1. The lowest BCUT2D eigenvalue weighted by Gasteiger charge is -2.18. The predicted molar refractivity (Wildman–Crippen MR) is 66.4 cm³/mol. The highest BCUT2D eigenvalue weighted by atomic mass is 32.1. The van der Waals surface area contributed by atoms with Crippen LogP contribution in [0.1, 0.15) is 42.5 Å². The van der Waals surface area contributed by atoms with Crippen LogP contribution in [0.3, 0.4) is 0 Å². The minimum Gasteiger partial charge on any atom is -0.396 e. The summed E-state index contributed by atoms with van der Waals surface area (Å²) in [6.07, 6.45) is 1.80. The quantitative estimate of drug-likeness (QED) is 0.800. The second-order valence-electron chi connectivity index (χ2n) is 3.97. The van der Waals surface area contributed by atoms with Crippen LogP contribution in [-0.4, -0.2) is 17.8 Å². The Morgan fingerprint density at radius 1 is 1.50 bits per heavy atom. The van der Waals surface area contributed by atoms with Crippen molar-refractivity contribution in [1.29, 1.82) is 5.26 Å². The molecule has 1 heterocycles. The summed E-state index contributed by atoms with van der Waals surface area (Å²) in [6.45, 7) is 4.46. The monoisotopic (exact) mass is 238 g/mol. The van der Waals surface area contributed by atoms with Gasteiger partial charge in [-0.2, -0.15) is 5.26 Å². The van der Waals surface area contributed by atoms with Crippen molar-refractivity contribution in [2.45, 2.75) is 38.8 Å². The van der Waals surface area contributed by atoms with E-state index in [9.17, 15) is 0 Å². The lowest BCUT2D eigenvalue weighted by molar-refractivity contribution is 0.274. The first kappa shape index (κ1) is 13.2. The van der Waals surface area contributed by atoms with Crippen molar-refractivity contribution in [3.63, 3.8) is 0 Å². The molecule has 1 aromatic rings. The van der Waals surface area contributed by atoms with Crippen molar-refractivity contribution in [3.8, 4) is 6.07 Å². The van der Waals surface area contributed by atoms with E-state index >= 15 is 0 Å². The normalized spacial score (nSPS) is 14.4. The molecule has 4 heteroatoms. The van der Waals surface area contributed by atoms with Crippen molar-refractivity contribution >= 4 is 11.3 Å². The van der Waals surface area contributed by atoms with Gasteiger partial charge in [0.05, 0.1) is 0 Å². The van der Waals surface area contributed by atoms with Crippen LogP contribution in [0.5, 0.6) is 0 Å². The Balaban J connectivity index is 2.45. The van der Waals surface area contributed by atoms with Crippen LogP contribution >= 0.6 is 11.3 Å². The van der Waals surface area contributed by atoms with Crippen molar-refractivity contribution in [3.05, 3.63) is 21.9 Å². The van der Waals surface area contributed by atoms with Gasteiger partial charge in [0.25, 0.3) is 0 Å². The smallest absolute Gasteiger partial charge is 0.110 e. The number of aliphatic hydroxyl groups is 1. The highest BCUT2D eigenvalue weighted by Crippen LogP contribution is 2.23. The van der Waals surface area contributed by atoms with Crippen LogP contribution in [0, 0.1) is 11.3 Å². The van der Waals surface area contributed by atoms with Crippen LogP contribution in [0.4, 0.5) is 0 Å². The first-order valence-electron chi connectivity index (χ1n) is 5.54. The number of rotatable bonds is 6. The lowest BCUT2D eigenvalue weighted by atomic mass is 10.1. The molecule has 2 unspecified atom stereocenters. The Hall–Kier alpha value is -0.890. The fourth-order valence-electron chi connectivity index (χ4n) is 1.64. The number of hydrogen-bond acceptors (Lipinski definition) is 4. The van der Waals surface area contributed by atoms with Gasteiger partial charge in [-0.3, -0.25) is 0 Å². The van der Waals surface area contributed by atoms with Gasteiger partial charge in [0.1, 0.15) is 10.9 Å². The average Bonchev–Trinajstić information content (AvgIpc) is 2.74. The Morgan fingerprint density at radius 3 is 2.81 bits per heavy atom. The van der Waals surface area contributed by atoms with E-state index in [4.69, 9.17) is 10.4 Å². The van der Waals surface area contributed by atoms with Gasteiger partial charge in [0.15, 0.2) is 0 Å². The second kappa shape index (κ2) is 6.64. The Labute approximate surface area is 101 Å². The van der Waals surface area contributed by atoms with Gasteiger partial charge >= 0.3 is 0 Å². The Morgan fingerprint density at radius 2 is 2.25 bits per heavy atom. The van der Waals surface area contributed by atoms with Crippen LogP contribution in [-0.2, 0) is 0 Å². The first-order chi connectivity index (χ1) is 7.67. The predicted octanol–water partition coefficient (Wildman–Crippen LogP) is 2.43. The largest absolute Gasteiger partial charge is 0.396 e. The summed E-state index contributed by atoms with van der Waals surface area (Å²) in [6, 6.07) is 6.65. The molecular weight excluding hydrogens is 220 g/mol. The molecule has 0 amide bonds. The summed E-state index contributed by atoms with van der Waals surface area (Å²) in [5.41, 5.74) is 0. The lowest BCUT2D eigenvalue weighted by Crippen LogP contribution is -2.28. The molecular formula is C12H18N2OS. The van der Waals surface area contributed by atoms with Crippen LogP contribution < -0.4 is 5.32 Å². The second-order valence-corrected chi connectivity index (χ2v) is 5.08. The van der Waals surface area contributed by atoms with E-state index in [1.807, 2.05) is 12.1 Å². The standard InChI is InChI=1S/C12H18N2OS/c1-9(4-3-7-15)14-10(2)12-6-5-11(8-13)16-12/h5-6,9-10,14-15H,3-4,7H2,1-2H3. The van der Waals surface area contributed by atoms with E-state index in [2.05, 4.69) is 25.2 Å². The molecule has 0 radical (unpaired) electrons. The van der Waals surface area contributed by atoms with Crippen molar-refractivity contribution in [2.24, 2.45) is 0 Å². The molecule has 16 heavy (non-hydrogen) atoms. The topological polar surface area (TPSA) is 56.0 Å². The minimum atomic E-state index is 0.248. The molecule has 2 atom stereocenters. The summed E-state index contributed by atoms with van der Waals surface area (Å²) in [7, 11) is 0. The number of hydrogen-bond donors (Lipinski definition) is 2. The van der Waals surface area contributed by atoms with E-state index in [0.717, 1.165) is 17.7 Å². The Kier molecular flexibility index (Phi) is 5.47. The minimum absolute atomic E-state index is 0.248.